The van der Waals surface area contributed by atoms with E-state index in [0.29, 0.717) is 27.9 Å². The molecule has 0 aliphatic heterocycles. The van der Waals surface area contributed by atoms with E-state index < -0.39 is 23.6 Å². The third-order valence-electron chi connectivity index (χ3n) is 4.96. The molecule has 0 radical (unpaired) electrons. The van der Waals surface area contributed by atoms with Crippen LogP contribution in [0, 0.1) is 6.92 Å². The zero-order valence-electron chi connectivity index (χ0n) is 17.8. The van der Waals surface area contributed by atoms with E-state index in [1.807, 2.05) is 0 Å². The van der Waals surface area contributed by atoms with E-state index in [0.717, 1.165) is 24.3 Å². The lowest BCUT2D eigenvalue weighted by Crippen LogP contribution is -2.16. The first kappa shape index (κ1) is 23.7. The fraction of sp³-hybridized carbons (Fsp3) is 0.304. The SMILES string of the molecule is COc1cc2c(CC(=O)OC(C)C)c(C)n(C(=O)c3ccc(C(F)(F)F)cc3)c2cc1Cl. The minimum absolute atomic E-state index is 0.0567. The third-order valence-corrected chi connectivity index (χ3v) is 5.25. The molecule has 1 aromatic heterocycles. The number of methoxy groups -OCH3 is 1. The molecule has 0 bridgehead atoms. The zero-order valence-corrected chi connectivity index (χ0v) is 18.6. The van der Waals surface area contributed by atoms with Crippen molar-refractivity contribution in [1.82, 2.24) is 4.57 Å². The molecule has 0 N–H and O–H groups in total. The Morgan fingerprint density at radius 3 is 2.28 bits per heavy atom. The van der Waals surface area contributed by atoms with Crippen LogP contribution < -0.4 is 4.74 Å². The Balaban J connectivity index is 2.15. The van der Waals surface area contributed by atoms with Gasteiger partial charge in [0.1, 0.15) is 5.75 Å². The molecule has 0 fully saturated rings. The number of hydrogen-bond donors (Lipinski definition) is 0. The second-order valence-electron chi connectivity index (χ2n) is 7.50. The van der Waals surface area contributed by atoms with Gasteiger partial charge in [-0.15, -0.1) is 0 Å². The lowest BCUT2D eigenvalue weighted by Gasteiger charge is -2.10. The number of carbonyl (C=O) groups is 2. The molecule has 0 amide bonds. The molecule has 0 aliphatic carbocycles. The Morgan fingerprint density at radius 1 is 1.12 bits per heavy atom. The van der Waals surface area contributed by atoms with Gasteiger partial charge in [-0.3, -0.25) is 14.2 Å². The van der Waals surface area contributed by atoms with Crippen LogP contribution in [0.2, 0.25) is 5.02 Å². The van der Waals surface area contributed by atoms with Crippen molar-refractivity contribution in [2.75, 3.05) is 7.11 Å². The van der Waals surface area contributed by atoms with Gasteiger partial charge in [0.25, 0.3) is 5.91 Å². The van der Waals surface area contributed by atoms with E-state index in [9.17, 15) is 22.8 Å². The minimum atomic E-state index is -4.51. The first-order valence-corrected chi connectivity index (χ1v) is 10.1. The van der Waals surface area contributed by atoms with Crippen LogP contribution in [-0.2, 0) is 22.1 Å². The van der Waals surface area contributed by atoms with Gasteiger partial charge in [-0.1, -0.05) is 11.6 Å². The predicted molar refractivity (Wildman–Crippen MR) is 114 cm³/mol. The second-order valence-corrected chi connectivity index (χ2v) is 7.91. The summed E-state index contributed by atoms with van der Waals surface area (Å²) in [6, 6.07) is 7.10. The van der Waals surface area contributed by atoms with E-state index in [2.05, 4.69) is 0 Å². The van der Waals surface area contributed by atoms with E-state index in [4.69, 9.17) is 21.1 Å². The molecule has 3 aromatic rings. The largest absolute Gasteiger partial charge is 0.495 e. The van der Waals surface area contributed by atoms with Crippen LogP contribution >= 0.6 is 11.6 Å². The van der Waals surface area contributed by atoms with Crippen molar-refractivity contribution in [2.24, 2.45) is 0 Å². The van der Waals surface area contributed by atoms with Crippen LogP contribution in [0.3, 0.4) is 0 Å². The maximum atomic E-state index is 13.3. The number of nitrogens with zero attached hydrogens (tertiary/aromatic N) is 1. The topological polar surface area (TPSA) is 57.5 Å². The predicted octanol–water partition coefficient (Wildman–Crippen LogP) is 5.81. The van der Waals surface area contributed by atoms with Gasteiger partial charge in [-0.05, 0) is 62.7 Å². The van der Waals surface area contributed by atoms with Crippen molar-refractivity contribution in [3.8, 4) is 5.75 Å². The van der Waals surface area contributed by atoms with Gasteiger partial charge in [0.05, 0.1) is 35.7 Å². The van der Waals surface area contributed by atoms with Crippen LogP contribution in [0.15, 0.2) is 36.4 Å². The average Bonchev–Trinajstić information content (AvgIpc) is 2.96. The Morgan fingerprint density at radius 2 is 1.75 bits per heavy atom. The maximum Gasteiger partial charge on any atom is 0.416 e. The van der Waals surface area contributed by atoms with Crippen molar-refractivity contribution in [3.05, 3.63) is 63.8 Å². The highest BCUT2D eigenvalue weighted by Gasteiger charge is 2.30. The maximum absolute atomic E-state index is 13.3. The van der Waals surface area contributed by atoms with Gasteiger partial charge in [0.15, 0.2) is 0 Å². The Bertz CT molecular complexity index is 1180. The molecule has 5 nitrogen and oxygen atoms in total. The van der Waals surface area contributed by atoms with Crippen LogP contribution in [0.5, 0.6) is 5.75 Å². The normalized spacial score (nSPS) is 11.8. The fourth-order valence-electron chi connectivity index (χ4n) is 3.50. The number of hydrogen-bond acceptors (Lipinski definition) is 4. The molecule has 2 aromatic carbocycles. The number of alkyl halides is 3. The van der Waals surface area contributed by atoms with E-state index in [1.54, 1.807) is 26.8 Å². The van der Waals surface area contributed by atoms with E-state index >= 15 is 0 Å². The lowest BCUT2D eigenvalue weighted by molar-refractivity contribution is -0.146. The summed E-state index contributed by atoms with van der Waals surface area (Å²) in [6.07, 6.45) is -4.92. The number of aromatic nitrogens is 1. The molecule has 0 atom stereocenters. The fourth-order valence-corrected chi connectivity index (χ4v) is 3.74. The van der Waals surface area contributed by atoms with E-state index in [1.165, 1.54) is 17.7 Å². The number of benzene rings is 2. The molecule has 0 aliphatic rings. The number of esters is 1. The van der Waals surface area contributed by atoms with Crippen molar-refractivity contribution < 1.29 is 32.2 Å². The van der Waals surface area contributed by atoms with Crippen molar-refractivity contribution in [3.63, 3.8) is 0 Å². The van der Waals surface area contributed by atoms with Crippen molar-refractivity contribution in [1.29, 1.82) is 0 Å². The molecule has 0 spiro atoms. The van der Waals surface area contributed by atoms with Crippen molar-refractivity contribution in [2.45, 2.75) is 39.5 Å². The Hall–Kier alpha value is -3.00. The van der Waals surface area contributed by atoms with Crippen LogP contribution in [0.25, 0.3) is 10.9 Å². The summed E-state index contributed by atoms with van der Waals surface area (Å²) < 4.78 is 50.5. The first-order chi connectivity index (χ1) is 14.9. The number of ether oxygens (including phenoxy) is 2. The third kappa shape index (κ3) is 4.60. The summed E-state index contributed by atoms with van der Waals surface area (Å²) >= 11 is 6.27. The Labute approximate surface area is 187 Å². The minimum Gasteiger partial charge on any atom is -0.495 e. The highest BCUT2D eigenvalue weighted by Crippen LogP contribution is 2.36. The molecule has 0 unspecified atom stereocenters. The smallest absolute Gasteiger partial charge is 0.416 e. The van der Waals surface area contributed by atoms with Gasteiger partial charge in [-0.2, -0.15) is 13.2 Å². The van der Waals surface area contributed by atoms with Gasteiger partial charge in [0, 0.05) is 16.6 Å². The highest BCUT2D eigenvalue weighted by molar-refractivity contribution is 6.33. The summed E-state index contributed by atoms with van der Waals surface area (Å²) in [7, 11) is 1.44. The van der Waals surface area contributed by atoms with Crippen LogP contribution in [0.4, 0.5) is 13.2 Å². The molecule has 3 rings (SSSR count). The van der Waals surface area contributed by atoms with E-state index in [-0.39, 0.29) is 23.1 Å². The summed E-state index contributed by atoms with van der Waals surface area (Å²) in [5.74, 6) is -0.666. The summed E-state index contributed by atoms with van der Waals surface area (Å²) in [5, 5.41) is 0.806. The van der Waals surface area contributed by atoms with Gasteiger partial charge in [-0.25, -0.2) is 0 Å². The van der Waals surface area contributed by atoms with Crippen LogP contribution in [0.1, 0.15) is 41.0 Å². The lowest BCUT2D eigenvalue weighted by atomic mass is 10.1. The molecule has 32 heavy (non-hydrogen) atoms. The first-order valence-electron chi connectivity index (χ1n) is 9.73. The van der Waals surface area contributed by atoms with Gasteiger partial charge < -0.3 is 9.47 Å². The van der Waals surface area contributed by atoms with Gasteiger partial charge in [0.2, 0.25) is 0 Å². The Kier molecular flexibility index (Phi) is 6.55. The molecular weight excluding hydrogens is 447 g/mol. The van der Waals surface area contributed by atoms with Gasteiger partial charge >= 0.3 is 12.1 Å². The zero-order chi connectivity index (χ0) is 23.8. The average molecular weight is 468 g/mol. The number of carbonyl (C=O) groups excluding carboxylic acids is 2. The molecule has 1 heterocycles. The standard InChI is InChI=1S/C23H21ClF3NO4/c1-12(2)32-21(29)10-16-13(3)28(19-11-18(24)20(31-4)9-17(16)19)22(30)14-5-7-15(8-6-14)23(25,26)27/h5-9,11-12H,10H2,1-4H3. The molecule has 0 saturated carbocycles. The summed E-state index contributed by atoms with van der Waals surface area (Å²) in [4.78, 5) is 25.6. The number of halogens is 4. The highest BCUT2D eigenvalue weighted by atomic mass is 35.5. The molecular formula is C23H21ClF3NO4. The molecule has 9 heteroatoms. The summed E-state index contributed by atoms with van der Waals surface area (Å²) in [5.41, 5.74) is 0.607. The number of rotatable bonds is 5. The molecule has 170 valence electrons. The number of fused-ring (bicyclic) bond motifs is 1. The quantitative estimate of drug-likeness (QED) is 0.444. The molecule has 0 saturated heterocycles. The van der Waals surface area contributed by atoms with Crippen LogP contribution in [-0.4, -0.2) is 29.7 Å². The second kappa shape index (κ2) is 8.86. The summed E-state index contributed by atoms with van der Waals surface area (Å²) in [6.45, 7) is 5.11. The van der Waals surface area contributed by atoms with Crippen molar-refractivity contribution >= 4 is 34.4 Å². The monoisotopic (exact) mass is 467 g/mol.